The van der Waals surface area contributed by atoms with Crippen molar-refractivity contribution in [2.75, 3.05) is 19.8 Å². The van der Waals surface area contributed by atoms with Crippen LogP contribution in [0.1, 0.15) is 35.6 Å². The first-order valence-electron chi connectivity index (χ1n) is 10.8. The molecule has 164 valence electrons. The van der Waals surface area contributed by atoms with E-state index in [4.69, 9.17) is 25.8 Å². The molecule has 2 aromatic rings. The number of ether oxygens (including phenoxy) is 3. The van der Waals surface area contributed by atoms with Gasteiger partial charge < -0.3 is 19.3 Å². The predicted octanol–water partition coefficient (Wildman–Crippen LogP) is 4.30. The Morgan fingerprint density at radius 2 is 1.87 bits per heavy atom. The van der Waals surface area contributed by atoms with E-state index in [2.05, 4.69) is 17.3 Å². The second-order valence-electron chi connectivity index (χ2n) is 8.78. The van der Waals surface area contributed by atoms with Crippen molar-refractivity contribution in [3.05, 3.63) is 69.1 Å². The van der Waals surface area contributed by atoms with Gasteiger partial charge in [0.25, 0.3) is 0 Å². The molecule has 2 aliphatic heterocycles. The van der Waals surface area contributed by atoms with Crippen LogP contribution < -0.4 is 4.74 Å². The van der Waals surface area contributed by atoms with Gasteiger partial charge in [0.1, 0.15) is 11.9 Å². The molecule has 1 N–H and O–H groups in total. The molecule has 31 heavy (non-hydrogen) atoms. The number of aliphatic hydroxyl groups excluding tert-OH is 1. The molecule has 1 saturated carbocycles. The van der Waals surface area contributed by atoms with Crippen LogP contribution >= 0.6 is 11.6 Å². The minimum atomic E-state index is -0.370. The summed E-state index contributed by atoms with van der Waals surface area (Å²) in [4.78, 5) is 11.1. The average Bonchev–Trinajstić information content (AvgIpc) is 3.20. The molecule has 0 radical (unpaired) electrons. The number of aliphatic hydroxyl groups is 1. The Labute approximate surface area is 186 Å². The summed E-state index contributed by atoms with van der Waals surface area (Å²) in [5.41, 5.74) is 3.08. The molecule has 7 heteroatoms. The summed E-state index contributed by atoms with van der Waals surface area (Å²) in [5.74, 6) is 2.01. The summed E-state index contributed by atoms with van der Waals surface area (Å²) >= 11 is 6.47. The zero-order chi connectivity index (χ0) is 21.4. The van der Waals surface area contributed by atoms with E-state index in [1.165, 1.54) is 0 Å². The zero-order valence-electron chi connectivity index (χ0n) is 17.2. The van der Waals surface area contributed by atoms with E-state index in [0.29, 0.717) is 42.2 Å². The molecule has 2 aromatic carbocycles. The lowest BCUT2D eigenvalue weighted by molar-refractivity contribution is -0.0796. The Balaban J connectivity index is 1.26. The number of rotatable bonds is 7. The molecule has 0 amide bonds. The zero-order valence-corrected chi connectivity index (χ0v) is 17.9. The monoisotopic (exact) mass is 443 g/mol. The summed E-state index contributed by atoms with van der Waals surface area (Å²) in [6.45, 7) is 1.51. The molecule has 6 nitrogen and oxygen atoms in total. The van der Waals surface area contributed by atoms with Gasteiger partial charge in [0, 0.05) is 29.7 Å². The highest BCUT2D eigenvalue weighted by atomic mass is 35.5. The molecule has 2 saturated heterocycles. The number of benzene rings is 2. The predicted molar refractivity (Wildman–Crippen MR) is 116 cm³/mol. The molecule has 2 heterocycles. The fraction of sp³-hybridized carbons (Fsp3) is 0.500. The molecular formula is C24H26ClNO5. The molecule has 3 fully saturated rings. The number of fused-ring (bicyclic) bond motifs is 1. The van der Waals surface area contributed by atoms with E-state index in [1.54, 1.807) is 0 Å². The maximum Gasteiger partial charge on any atom is 0.119 e. The highest BCUT2D eigenvalue weighted by Gasteiger charge is 2.56. The van der Waals surface area contributed by atoms with Gasteiger partial charge in [-0.2, -0.15) is 4.91 Å². The van der Waals surface area contributed by atoms with Crippen molar-refractivity contribution in [1.29, 1.82) is 0 Å². The van der Waals surface area contributed by atoms with Crippen LogP contribution in [0.15, 0.2) is 47.6 Å². The lowest BCUT2D eigenvalue weighted by Gasteiger charge is -2.32. The van der Waals surface area contributed by atoms with E-state index >= 15 is 0 Å². The number of hydrogen-bond donors (Lipinski definition) is 1. The second-order valence-corrected chi connectivity index (χ2v) is 9.19. The maximum absolute atomic E-state index is 11.1. The van der Waals surface area contributed by atoms with Gasteiger partial charge in [-0.1, -0.05) is 41.0 Å². The van der Waals surface area contributed by atoms with Crippen molar-refractivity contribution >= 4 is 11.6 Å². The van der Waals surface area contributed by atoms with E-state index in [0.717, 1.165) is 35.7 Å². The molecule has 0 aromatic heterocycles. The van der Waals surface area contributed by atoms with Gasteiger partial charge in [-0.3, -0.25) is 0 Å². The van der Waals surface area contributed by atoms with Gasteiger partial charge in [0.05, 0.1) is 38.1 Å². The molecule has 2 unspecified atom stereocenters. The number of hydrogen-bond acceptors (Lipinski definition) is 6. The lowest BCUT2D eigenvalue weighted by atomic mass is 9.93. The minimum Gasteiger partial charge on any atom is -0.490 e. The van der Waals surface area contributed by atoms with Crippen LogP contribution in [0.4, 0.5) is 0 Å². The van der Waals surface area contributed by atoms with Gasteiger partial charge in [-0.25, -0.2) is 0 Å². The van der Waals surface area contributed by atoms with Crippen LogP contribution in [0.3, 0.4) is 0 Å². The molecular weight excluding hydrogens is 418 g/mol. The van der Waals surface area contributed by atoms with Crippen LogP contribution in [-0.4, -0.2) is 43.2 Å². The summed E-state index contributed by atoms with van der Waals surface area (Å²) in [6.07, 6.45) is 1.31. The summed E-state index contributed by atoms with van der Waals surface area (Å²) in [7, 11) is 0. The Bertz CT molecular complexity index is 926. The average molecular weight is 444 g/mol. The van der Waals surface area contributed by atoms with Crippen LogP contribution in [0.5, 0.6) is 5.75 Å². The third-order valence-electron chi connectivity index (χ3n) is 6.64. The van der Waals surface area contributed by atoms with Crippen molar-refractivity contribution in [2.24, 2.45) is 17.0 Å². The first kappa shape index (κ1) is 20.9. The quantitative estimate of drug-likeness (QED) is 0.645. The fourth-order valence-corrected chi connectivity index (χ4v) is 4.95. The van der Waals surface area contributed by atoms with E-state index < -0.39 is 0 Å². The van der Waals surface area contributed by atoms with E-state index in [-0.39, 0.29) is 24.9 Å². The van der Waals surface area contributed by atoms with Gasteiger partial charge in [0.15, 0.2) is 0 Å². The minimum absolute atomic E-state index is 0.118. The van der Waals surface area contributed by atoms with Crippen molar-refractivity contribution in [3.8, 4) is 5.75 Å². The van der Waals surface area contributed by atoms with Crippen molar-refractivity contribution in [3.63, 3.8) is 0 Å². The Kier molecular flexibility index (Phi) is 5.97. The fourth-order valence-electron chi connectivity index (χ4n) is 4.76. The molecule has 3 aliphatic rings. The molecule has 5 rings (SSSR count). The first-order chi connectivity index (χ1) is 15.1. The van der Waals surface area contributed by atoms with Crippen LogP contribution in [0, 0.1) is 16.7 Å². The van der Waals surface area contributed by atoms with Crippen LogP contribution in [-0.2, 0) is 15.9 Å². The van der Waals surface area contributed by atoms with E-state index in [9.17, 15) is 10.0 Å². The van der Waals surface area contributed by atoms with Crippen molar-refractivity contribution in [1.82, 2.24) is 0 Å². The Morgan fingerprint density at radius 3 is 2.58 bits per heavy atom. The van der Waals surface area contributed by atoms with Gasteiger partial charge in [0.2, 0.25) is 0 Å². The molecule has 5 atom stereocenters. The SMILES string of the molecule is O=N[C@H]1C[C@@H](CO)O[C@@H](c2ccc(Cl)c(Cc3ccc(OC4C5COCC54)cc3)c2)C1. The topological polar surface area (TPSA) is 77.4 Å². The standard InChI is InChI=1S/C24H26ClNO5/c25-22-6-3-15(23-10-17(26-28)9-19(11-27)30-23)8-16(22)7-14-1-4-18(5-2-14)31-24-20-12-29-13-21(20)24/h1-6,8,17,19-21,23-24,27H,7,9-13H2/t17-,19-,20?,21?,23+,24?/m0/s1. The highest BCUT2D eigenvalue weighted by molar-refractivity contribution is 6.31. The maximum atomic E-state index is 11.1. The van der Waals surface area contributed by atoms with Crippen LogP contribution in [0.2, 0.25) is 5.02 Å². The van der Waals surface area contributed by atoms with E-state index in [1.807, 2.05) is 30.3 Å². The van der Waals surface area contributed by atoms with Gasteiger partial charge in [-0.05, 0) is 41.3 Å². The first-order valence-corrected chi connectivity index (χ1v) is 11.2. The molecule has 1 aliphatic carbocycles. The smallest absolute Gasteiger partial charge is 0.119 e. The highest BCUT2D eigenvalue weighted by Crippen LogP contribution is 2.46. The summed E-state index contributed by atoms with van der Waals surface area (Å²) in [6, 6.07) is 13.6. The largest absolute Gasteiger partial charge is 0.490 e. The second kappa shape index (κ2) is 8.87. The van der Waals surface area contributed by atoms with Crippen molar-refractivity contribution in [2.45, 2.75) is 43.6 Å². The van der Waals surface area contributed by atoms with Gasteiger partial charge in [-0.15, -0.1) is 0 Å². The van der Waals surface area contributed by atoms with Gasteiger partial charge >= 0.3 is 0 Å². The third-order valence-corrected chi connectivity index (χ3v) is 7.00. The summed E-state index contributed by atoms with van der Waals surface area (Å²) in [5, 5.41) is 13.4. The summed E-state index contributed by atoms with van der Waals surface area (Å²) < 4.78 is 17.5. The molecule has 0 spiro atoms. The Hall–Kier alpha value is -1.99. The third kappa shape index (κ3) is 4.48. The Morgan fingerprint density at radius 1 is 1.10 bits per heavy atom. The van der Waals surface area contributed by atoms with Crippen LogP contribution in [0.25, 0.3) is 0 Å². The van der Waals surface area contributed by atoms with Crippen molar-refractivity contribution < 1.29 is 19.3 Å². The number of nitroso groups, excluding NO2 is 1. The molecule has 0 bridgehead atoms. The normalized spacial score (nSPS) is 31.8. The number of halogens is 1. The lowest BCUT2D eigenvalue weighted by Crippen LogP contribution is -2.32. The number of nitrogens with zero attached hydrogens (tertiary/aromatic N) is 1.